The molecule has 2 aliphatic heterocycles. The lowest BCUT2D eigenvalue weighted by atomic mass is 9.77. The Kier molecular flexibility index (Phi) is 4.46. The minimum atomic E-state index is -0.841. The molecule has 2 fully saturated rings. The molecule has 3 heterocycles. The molecule has 1 aromatic heterocycles. The van der Waals surface area contributed by atoms with Gasteiger partial charge in [0.2, 0.25) is 5.91 Å². The molecule has 27 heavy (non-hydrogen) atoms. The maximum atomic E-state index is 12.2. The summed E-state index contributed by atoms with van der Waals surface area (Å²) >= 11 is 0. The number of aryl methyl sites for hydroxylation is 1. The molecule has 2 aromatic rings. The van der Waals surface area contributed by atoms with Gasteiger partial charge in [0.25, 0.3) is 0 Å². The first kappa shape index (κ1) is 18.0. The van der Waals surface area contributed by atoms with Crippen molar-refractivity contribution in [3.63, 3.8) is 0 Å². The van der Waals surface area contributed by atoms with Crippen molar-refractivity contribution in [2.24, 2.45) is 5.92 Å². The summed E-state index contributed by atoms with van der Waals surface area (Å²) in [5.74, 6) is -1.47. The van der Waals surface area contributed by atoms with Gasteiger partial charge >= 0.3 is 5.97 Å². The highest BCUT2D eigenvalue weighted by atomic mass is 16.4. The van der Waals surface area contributed by atoms with Gasteiger partial charge in [-0.1, -0.05) is 12.1 Å². The average Bonchev–Trinajstić information content (AvgIpc) is 3.19. The van der Waals surface area contributed by atoms with Crippen LogP contribution in [0.2, 0.25) is 0 Å². The van der Waals surface area contributed by atoms with Crippen molar-refractivity contribution >= 4 is 22.8 Å². The number of likely N-dealkylation sites (tertiary alicyclic amines) is 2. The Balaban J connectivity index is 1.51. The van der Waals surface area contributed by atoms with Crippen LogP contribution in [-0.2, 0) is 22.7 Å². The smallest absolute Gasteiger partial charge is 0.309 e. The molecule has 4 rings (SSSR count). The van der Waals surface area contributed by atoms with Crippen molar-refractivity contribution in [1.82, 2.24) is 14.4 Å². The van der Waals surface area contributed by atoms with E-state index >= 15 is 0 Å². The number of aliphatic carboxylic acids is 1. The van der Waals surface area contributed by atoms with Gasteiger partial charge in [-0.05, 0) is 37.5 Å². The maximum Gasteiger partial charge on any atom is 0.309 e. The summed E-state index contributed by atoms with van der Waals surface area (Å²) in [5, 5.41) is 10.9. The zero-order valence-electron chi connectivity index (χ0n) is 16.0. The zero-order valence-corrected chi connectivity index (χ0v) is 16.0. The van der Waals surface area contributed by atoms with Crippen LogP contribution >= 0.6 is 0 Å². The molecule has 2 saturated heterocycles. The van der Waals surface area contributed by atoms with E-state index in [1.165, 1.54) is 16.5 Å². The topological polar surface area (TPSA) is 65.8 Å². The molecule has 2 aliphatic rings. The second-order valence-electron chi connectivity index (χ2n) is 7.88. The Labute approximate surface area is 159 Å². The van der Waals surface area contributed by atoms with Crippen LogP contribution < -0.4 is 0 Å². The predicted octanol–water partition coefficient (Wildman–Crippen LogP) is 2.56. The summed E-state index contributed by atoms with van der Waals surface area (Å²) in [6, 6.07) is 8.63. The Bertz CT molecular complexity index is 880. The van der Waals surface area contributed by atoms with Gasteiger partial charge in [-0.2, -0.15) is 0 Å². The molecule has 0 saturated carbocycles. The Morgan fingerprint density at radius 1 is 1.26 bits per heavy atom. The lowest BCUT2D eigenvalue weighted by Gasteiger charge is -2.45. The van der Waals surface area contributed by atoms with Crippen molar-refractivity contribution in [2.45, 2.75) is 44.8 Å². The second kappa shape index (κ2) is 6.68. The number of nitrogens with zero attached hydrogens (tertiary/aromatic N) is 3. The van der Waals surface area contributed by atoms with E-state index in [0.29, 0.717) is 0 Å². The molecule has 0 unspecified atom stereocenters. The number of carboxylic acids is 1. The molecule has 144 valence electrons. The van der Waals surface area contributed by atoms with Crippen molar-refractivity contribution in [3.8, 4) is 0 Å². The summed E-state index contributed by atoms with van der Waals surface area (Å²) < 4.78 is 2.25. The normalized spacial score (nSPS) is 22.8. The van der Waals surface area contributed by atoms with Crippen molar-refractivity contribution in [2.75, 3.05) is 20.1 Å². The molecule has 6 nitrogen and oxygen atoms in total. The molecular weight excluding hydrogens is 342 g/mol. The van der Waals surface area contributed by atoms with Gasteiger partial charge < -0.3 is 14.6 Å². The number of hydrogen-bond donors (Lipinski definition) is 1. The fourth-order valence-corrected chi connectivity index (χ4v) is 5.02. The lowest BCUT2D eigenvalue weighted by Crippen LogP contribution is -2.55. The number of fused-ring (bicyclic) bond motifs is 1. The third-order valence-electron chi connectivity index (χ3n) is 6.73. The average molecular weight is 369 g/mol. The number of aromatic nitrogens is 1. The van der Waals surface area contributed by atoms with Gasteiger partial charge in [-0.15, -0.1) is 0 Å². The number of rotatable bonds is 4. The summed E-state index contributed by atoms with van der Waals surface area (Å²) in [5.41, 5.74) is 2.05. The van der Waals surface area contributed by atoms with E-state index in [2.05, 4.69) is 46.9 Å². The molecule has 1 N–H and O–H groups in total. The van der Waals surface area contributed by atoms with E-state index in [9.17, 15) is 14.7 Å². The van der Waals surface area contributed by atoms with Crippen LogP contribution in [-0.4, -0.2) is 57.0 Å². The standard InChI is InChI=1S/C21H27N3O3/c1-3-24-10-7-16-15(5-4-6-18(16)24)14-23-11-8-21(9-12-23)17(20(26)27)13-19(25)22(21)2/h4-7,10,17H,3,8-9,11-14H2,1-2H3,(H,26,27)/t17-/m0/s1. The van der Waals surface area contributed by atoms with E-state index in [0.717, 1.165) is 39.0 Å². The Morgan fingerprint density at radius 3 is 2.67 bits per heavy atom. The second-order valence-corrected chi connectivity index (χ2v) is 7.88. The minimum Gasteiger partial charge on any atom is -0.481 e. The Hall–Kier alpha value is -2.34. The highest BCUT2D eigenvalue weighted by Crippen LogP contribution is 2.43. The third kappa shape index (κ3) is 2.83. The van der Waals surface area contributed by atoms with Gasteiger partial charge in [0.15, 0.2) is 0 Å². The first-order valence-electron chi connectivity index (χ1n) is 9.75. The molecule has 0 bridgehead atoms. The lowest BCUT2D eigenvalue weighted by molar-refractivity contribution is -0.146. The molecule has 1 aromatic carbocycles. The van der Waals surface area contributed by atoms with Crippen LogP contribution in [0.15, 0.2) is 30.5 Å². The molecule has 0 aliphatic carbocycles. The Morgan fingerprint density at radius 2 is 2.00 bits per heavy atom. The monoisotopic (exact) mass is 369 g/mol. The molecule has 6 heteroatoms. The van der Waals surface area contributed by atoms with Crippen molar-refractivity contribution < 1.29 is 14.7 Å². The molecule has 1 atom stereocenters. The molecular formula is C21H27N3O3. The molecule has 1 spiro atoms. The van der Waals surface area contributed by atoms with Crippen LogP contribution in [0.25, 0.3) is 10.9 Å². The number of piperidine rings is 1. The van der Waals surface area contributed by atoms with E-state index in [4.69, 9.17) is 0 Å². The zero-order chi connectivity index (χ0) is 19.2. The quantitative estimate of drug-likeness (QED) is 0.900. The maximum absolute atomic E-state index is 12.2. The van der Waals surface area contributed by atoms with Crippen LogP contribution in [0, 0.1) is 5.92 Å². The molecule has 1 amide bonds. The minimum absolute atomic E-state index is 0.0403. The summed E-state index contributed by atoms with van der Waals surface area (Å²) in [7, 11) is 1.77. The first-order chi connectivity index (χ1) is 13.0. The number of benzene rings is 1. The van der Waals surface area contributed by atoms with Gasteiger partial charge in [-0.3, -0.25) is 14.5 Å². The highest BCUT2D eigenvalue weighted by Gasteiger charge is 2.55. The van der Waals surface area contributed by atoms with Gasteiger partial charge in [0.1, 0.15) is 0 Å². The van der Waals surface area contributed by atoms with Crippen LogP contribution in [0.5, 0.6) is 0 Å². The van der Waals surface area contributed by atoms with E-state index < -0.39 is 17.4 Å². The van der Waals surface area contributed by atoms with Crippen molar-refractivity contribution in [3.05, 3.63) is 36.0 Å². The number of amides is 1. The number of hydrogen-bond acceptors (Lipinski definition) is 3. The third-order valence-corrected chi connectivity index (χ3v) is 6.73. The summed E-state index contributed by atoms with van der Waals surface area (Å²) in [6.45, 7) is 5.58. The van der Waals surface area contributed by atoms with E-state index in [1.807, 2.05) is 0 Å². The van der Waals surface area contributed by atoms with E-state index in [1.54, 1.807) is 11.9 Å². The summed E-state index contributed by atoms with van der Waals surface area (Å²) in [6.07, 6.45) is 3.71. The number of carboxylic acid groups (broad SMARTS) is 1. The van der Waals surface area contributed by atoms with Gasteiger partial charge in [0, 0.05) is 56.7 Å². The number of carbonyl (C=O) groups is 2. The van der Waals surface area contributed by atoms with E-state index in [-0.39, 0.29) is 12.3 Å². The fourth-order valence-electron chi connectivity index (χ4n) is 5.02. The first-order valence-corrected chi connectivity index (χ1v) is 9.75. The largest absolute Gasteiger partial charge is 0.481 e. The SMILES string of the molecule is CCn1ccc2c(CN3CCC4(CC3)[C@H](C(=O)O)CC(=O)N4C)cccc21. The molecule has 0 radical (unpaired) electrons. The highest BCUT2D eigenvalue weighted by molar-refractivity contribution is 5.88. The van der Waals surface area contributed by atoms with Crippen molar-refractivity contribution in [1.29, 1.82) is 0 Å². The number of carbonyl (C=O) groups excluding carboxylic acids is 1. The van der Waals surface area contributed by atoms with Crippen LogP contribution in [0.3, 0.4) is 0 Å². The fraction of sp³-hybridized carbons (Fsp3) is 0.524. The van der Waals surface area contributed by atoms with Crippen LogP contribution in [0.1, 0.15) is 31.7 Å². The summed E-state index contributed by atoms with van der Waals surface area (Å²) in [4.78, 5) is 28.0. The van der Waals surface area contributed by atoms with Gasteiger partial charge in [0.05, 0.1) is 11.5 Å². The van der Waals surface area contributed by atoms with Crippen LogP contribution in [0.4, 0.5) is 0 Å². The predicted molar refractivity (Wildman–Crippen MR) is 103 cm³/mol. The van der Waals surface area contributed by atoms with Gasteiger partial charge in [-0.25, -0.2) is 0 Å².